The molecule has 2 nitrogen and oxygen atoms in total. The van der Waals surface area contributed by atoms with E-state index in [0.717, 1.165) is 11.1 Å². The van der Waals surface area contributed by atoms with Gasteiger partial charge >= 0.3 is 5.97 Å². The fraction of sp³-hybridized carbons (Fsp3) is 0.308. The van der Waals surface area contributed by atoms with Crippen molar-refractivity contribution in [1.82, 2.24) is 0 Å². The maximum Gasteiger partial charge on any atom is 0.308 e. The topological polar surface area (TPSA) is 26.3 Å². The highest BCUT2D eigenvalue weighted by atomic mass is 16.5. The van der Waals surface area contributed by atoms with Gasteiger partial charge in [0.05, 0.1) is 0 Å². The fourth-order valence-electron chi connectivity index (χ4n) is 1.28. The lowest BCUT2D eigenvalue weighted by molar-refractivity contribution is -0.131. The van der Waals surface area contributed by atoms with Crippen LogP contribution in [0.5, 0.6) is 5.75 Å². The van der Waals surface area contributed by atoms with Gasteiger partial charge in [-0.3, -0.25) is 4.79 Å². The van der Waals surface area contributed by atoms with Crippen molar-refractivity contribution in [3.63, 3.8) is 0 Å². The quantitative estimate of drug-likeness (QED) is 0.557. The third-order valence-corrected chi connectivity index (χ3v) is 2.06. The largest absolute Gasteiger partial charge is 0.427 e. The molecule has 0 amide bonds. The molecule has 79 valence electrons. The van der Waals surface area contributed by atoms with Crippen molar-refractivity contribution in [2.45, 2.75) is 26.7 Å². The molecule has 0 saturated carbocycles. The number of hydrogen-bond acceptors (Lipinski definition) is 2. The predicted octanol–water partition coefficient (Wildman–Crippen LogP) is 3.07. The van der Waals surface area contributed by atoms with Crippen LogP contribution in [0.15, 0.2) is 24.8 Å². The second-order valence-electron chi connectivity index (χ2n) is 3.72. The van der Waals surface area contributed by atoms with Crippen LogP contribution in [0, 0.1) is 6.08 Å². The van der Waals surface area contributed by atoms with Gasteiger partial charge in [0.1, 0.15) is 5.75 Å². The smallest absolute Gasteiger partial charge is 0.308 e. The zero-order chi connectivity index (χ0) is 11.4. The summed E-state index contributed by atoms with van der Waals surface area (Å²) in [7, 11) is 0. The minimum Gasteiger partial charge on any atom is -0.427 e. The molecule has 0 aliphatic carbocycles. The van der Waals surface area contributed by atoms with Crippen molar-refractivity contribution < 1.29 is 9.53 Å². The normalized spacial score (nSPS) is 10.1. The number of carbonyl (C=O) groups is 1. The van der Waals surface area contributed by atoms with Crippen molar-refractivity contribution in [2.24, 2.45) is 0 Å². The molecule has 15 heavy (non-hydrogen) atoms. The number of hydrogen-bond donors (Lipinski definition) is 0. The number of ether oxygens (including phenoxy) is 1. The van der Waals surface area contributed by atoms with E-state index in [1.807, 2.05) is 12.1 Å². The van der Waals surface area contributed by atoms with Gasteiger partial charge in [-0.15, -0.1) is 0 Å². The van der Waals surface area contributed by atoms with Crippen LogP contribution in [0.3, 0.4) is 0 Å². The lowest BCUT2D eigenvalue weighted by Crippen LogP contribution is -2.02. The summed E-state index contributed by atoms with van der Waals surface area (Å²) in [4.78, 5) is 10.8. The summed E-state index contributed by atoms with van der Waals surface area (Å²) in [5.74, 6) is 0.623. The van der Waals surface area contributed by atoms with Crippen LogP contribution in [0.25, 0.3) is 0 Å². The van der Waals surface area contributed by atoms with Crippen LogP contribution >= 0.6 is 0 Å². The molecule has 0 heterocycles. The Morgan fingerprint density at radius 2 is 2.07 bits per heavy atom. The second-order valence-corrected chi connectivity index (χ2v) is 3.72. The Balaban J connectivity index is 3.10. The van der Waals surface area contributed by atoms with Gasteiger partial charge in [0.2, 0.25) is 0 Å². The van der Waals surface area contributed by atoms with Crippen molar-refractivity contribution in [3.05, 3.63) is 42.0 Å². The molecule has 0 aliphatic rings. The molecule has 1 aromatic rings. The molecule has 0 bridgehead atoms. The van der Waals surface area contributed by atoms with Crippen molar-refractivity contribution in [2.75, 3.05) is 0 Å². The van der Waals surface area contributed by atoms with E-state index < -0.39 is 0 Å². The van der Waals surface area contributed by atoms with Gasteiger partial charge in [-0.2, -0.15) is 0 Å². The summed E-state index contributed by atoms with van der Waals surface area (Å²) in [6.45, 7) is 9.14. The first-order valence-corrected chi connectivity index (χ1v) is 4.89. The summed E-state index contributed by atoms with van der Waals surface area (Å²) in [5, 5.41) is 0. The maximum absolute atomic E-state index is 10.8. The van der Waals surface area contributed by atoms with Gasteiger partial charge in [0, 0.05) is 6.92 Å². The van der Waals surface area contributed by atoms with Gasteiger partial charge in [-0.25, -0.2) is 0 Å². The molecule has 2 heteroatoms. The molecule has 1 rings (SSSR count). The third kappa shape index (κ3) is 3.24. The van der Waals surface area contributed by atoms with Crippen LogP contribution in [0.2, 0.25) is 0 Å². The predicted molar refractivity (Wildman–Crippen MR) is 59.8 cm³/mol. The third-order valence-electron chi connectivity index (χ3n) is 2.06. The Bertz CT molecular complexity index is 378. The molecule has 1 aromatic carbocycles. The number of esters is 1. The maximum atomic E-state index is 10.8. The molecular weight excluding hydrogens is 188 g/mol. The van der Waals surface area contributed by atoms with Crippen LogP contribution in [0.1, 0.15) is 37.8 Å². The Kier molecular flexibility index (Phi) is 3.67. The standard InChI is InChI=1S/C13H15O2/c1-5-11-6-12(9(2)3)8-13(7-11)15-10(4)14/h6-9H,1H2,2-4H3. The highest BCUT2D eigenvalue weighted by molar-refractivity contribution is 5.69. The first kappa shape index (κ1) is 11.5. The highest BCUT2D eigenvalue weighted by Gasteiger charge is 2.05. The summed E-state index contributed by atoms with van der Waals surface area (Å²) < 4.78 is 5.04. The van der Waals surface area contributed by atoms with Gasteiger partial charge in [-0.05, 0) is 35.3 Å². The lowest BCUT2D eigenvalue weighted by Gasteiger charge is -2.09. The summed E-state index contributed by atoms with van der Waals surface area (Å²) in [5.41, 5.74) is 1.96. The highest BCUT2D eigenvalue weighted by Crippen LogP contribution is 2.23. The van der Waals surface area contributed by atoms with Gasteiger partial charge in [0.15, 0.2) is 0 Å². The molecule has 1 radical (unpaired) electrons. The van der Waals surface area contributed by atoms with Crippen molar-refractivity contribution in [3.8, 4) is 5.75 Å². The van der Waals surface area contributed by atoms with E-state index in [2.05, 4.69) is 26.5 Å². The van der Waals surface area contributed by atoms with Crippen LogP contribution in [-0.2, 0) is 4.79 Å². The molecule has 0 aliphatic heterocycles. The Morgan fingerprint density at radius 3 is 2.53 bits per heavy atom. The monoisotopic (exact) mass is 203 g/mol. The van der Waals surface area contributed by atoms with E-state index in [9.17, 15) is 4.79 Å². The lowest BCUT2D eigenvalue weighted by atomic mass is 10.0. The minimum atomic E-state index is -0.314. The number of benzene rings is 1. The van der Waals surface area contributed by atoms with Crippen LogP contribution < -0.4 is 4.74 Å². The second kappa shape index (κ2) is 4.78. The average molecular weight is 203 g/mol. The van der Waals surface area contributed by atoms with E-state index in [1.165, 1.54) is 6.92 Å². The van der Waals surface area contributed by atoms with E-state index in [1.54, 1.807) is 6.07 Å². The van der Waals surface area contributed by atoms with E-state index in [-0.39, 0.29) is 5.97 Å². The van der Waals surface area contributed by atoms with Crippen LogP contribution in [0.4, 0.5) is 0 Å². The molecule has 0 aromatic heterocycles. The van der Waals surface area contributed by atoms with E-state index in [4.69, 9.17) is 4.74 Å². The Labute approximate surface area is 90.6 Å². The van der Waals surface area contributed by atoms with Crippen molar-refractivity contribution >= 4 is 5.97 Å². The minimum absolute atomic E-state index is 0.314. The summed E-state index contributed by atoms with van der Waals surface area (Å²) in [6, 6.07) is 5.61. The molecule has 0 spiro atoms. The Hall–Kier alpha value is -1.57. The summed E-state index contributed by atoms with van der Waals surface area (Å²) >= 11 is 0. The first-order valence-electron chi connectivity index (χ1n) is 4.89. The van der Waals surface area contributed by atoms with Gasteiger partial charge < -0.3 is 4.74 Å². The number of rotatable bonds is 3. The fourth-order valence-corrected chi connectivity index (χ4v) is 1.28. The zero-order valence-electron chi connectivity index (χ0n) is 9.33. The first-order chi connectivity index (χ1) is 7.02. The molecule has 0 unspecified atom stereocenters. The average Bonchev–Trinajstić information content (AvgIpc) is 2.16. The molecular formula is C13H15O2. The van der Waals surface area contributed by atoms with E-state index >= 15 is 0 Å². The Morgan fingerprint density at radius 1 is 1.40 bits per heavy atom. The molecule has 0 N–H and O–H groups in total. The van der Waals surface area contributed by atoms with Gasteiger partial charge in [-0.1, -0.05) is 26.5 Å². The molecule has 0 saturated heterocycles. The van der Waals surface area contributed by atoms with Crippen LogP contribution in [-0.4, -0.2) is 5.97 Å². The number of carbonyl (C=O) groups excluding carboxylic acids is 1. The van der Waals surface area contributed by atoms with E-state index in [0.29, 0.717) is 11.7 Å². The molecule has 0 fully saturated rings. The van der Waals surface area contributed by atoms with Crippen molar-refractivity contribution in [1.29, 1.82) is 0 Å². The molecule has 0 atom stereocenters. The van der Waals surface area contributed by atoms with Gasteiger partial charge in [0.25, 0.3) is 0 Å². The SMILES string of the molecule is C=[C]c1cc(OC(C)=O)cc(C(C)C)c1. The summed E-state index contributed by atoms with van der Waals surface area (Å²) in [6.07, 6.45) is 2.79. The zero-order valence-corrected chi connectivity index (χ0v) is 9.33.